The van der Waals surface area contributed by atoms with Gasteiger partial charge in [0.1, 0.15) is 36.9 Å². The van der Waals surface area contributed by atoms with E-state index in [1.165, 1.54) is 12.1 Å². The molecule has 0 atom stereocenters. The third-order valence-corrected chi connectivity index (χ3v) is 5.36. The van der Waals surface area contributed by atoms with Gasteiger partial charge in [0, 0.05) is 17.7 Å². The zero-order valence-corrected chi connectivity index (χ0v) is 16.9. The van der Waals surface area contributed by atoms with Crippen LogP contribution in [0.2, 0.25) is 0 Å². The van der Waals surface area contributed by atoms with Crippen LogP contribution in [0, 0.1) is 25.5 Å². The molecule has 31 heavy (non-hydrogen) atoms. The first-order valence-electron chi connectivity index (χ1n) is 9.79. The summed E-state index contributed by atoms with van der Waals surface area (Å²) in [5, 5.41) is 11.5. The summed E-state index contributed by atoms with van der Waals surface area (Å²) in [7, 11) is 0. The van der Waals surface area contributed by atoms with E-state index in [1.54, 1.807) is 29.8 Å². The van der Waals surface area contributed by atoms with Crippen LogP contribution in [0.1, 0.15) is 16.7 Å². The first kappa shape index (κ1) is 19.2. The van der Waals surface area contributed by atoms with E-state index in [0.717, 1.165) is 11.8 Å². The molecule has 2 bridgehead atoms. The maximum atomic E-state index is 14.5. The van der Waals surface area contributed by atoms with Crippen molar-refractivity contribution in [2.24, 2.45) is 0 Å². The van der Waals surface area contributed by atoms with Gasteiger partial charge in [-0.05, 0) is 49.2 Å². The van der Waals surface area contributed by atoms with Crippen LogP contribution in [0.25, 0.3) is 16.9 Å². The molecule has 3 aromatic heterocycles. The molecule has 0 spiro atoms. The fourth-order valence-corrected chi connectivity index (χ4v) is 3.80. The van der Waals surface area contributed by atoms with E-state index in [-0.39, 0.29) is 25.6 Å². The van der Waals surface area contributed by atoms with E-state index < -0.39 is 5.82 Å². The zero-order valence-electron chi connectivity index (χ0n) is 16.9. The van der Waals surface area contributed by atoms with Gasteiger partial charge in [-0.3, -0.25) is 9.38 Å². The number of aryl methyl sites for hydroxylation is 1. The predicted molar refractivity (Wildman–Crippen MR) is 110 cm³/mol. The van der Waals surface area contributed by atoms with Crippen molar-refractivity contribution in [3.63, 3.8) is 0 Å². The van der Waals surface area contributed by atoms with E-state index in [2.05, 4.69) is 20.5 Å². The van der Waals surface area contributed by atoms with Crippen LogP contribution < -0.4 is 14.8 Å². The predicted octanol–water partition coefficient (Wildman–Crippen LogP) is 4.07. The fourth-order valence-electron chi connectivity index (χ4n) is 3.80. The Hall–Kier alpha value is -3.75. The van der Waals surface area contributed by atoms with Crippen LogP contribution in [0.3, 0.4) is 0 Å². The van der Waals surface area contributed by atoms with Gasteiger partial charge >= 0.3 is 0 Å². The van der Waals surface area contributed by atoms with Gasteiger partial charge in [-0.25, -0.2) is 8.78 Å². The largest absolute Gasteiger partial charge is 0.490 e. The van der Waals surface area contributed by atoms with Gasteiger partial charge in [0.2, 0.25) is 0 Å². The minimum Gasteiger partial charge on any atom is -0.490 e. The van der Waals surface area contributed by atoms with Crippen molar-refractivity contribution in [1.82, 2.24) is 19.6 Å². The molecule has 1 aliphatic rings. The molecule has 7 nitrogen and oxygen atoms in total. The summed E-state index contributed by atoms with van der Waals surface area (Å²) in [5.74, 6) is 0.971. The molecule has 0 fully saturated rings. The summed E-state index contributed by atoms with van der Waals surface area (Å²) in [6.45, 7) is 4.37. The smallest absolute Gasteiger partial charge is 0.171 e. The second kappa shape index (κ2) is 7.50. The minimum atomic E-state index is -0.414. The Morgan fingerprint density at radius 2 is 1.87 bits per heavy atom. The molecule has 0 aliphatic carbocycles. The van der Waals surface area contributed by atoms with Gasteiger partial charge < -0.3 is 14.8 Å². The molecule has 1 aromatic carbocycles. The molecule has 1 aliphatic heterocycles. The number of hydrogen-bond acceptors (Lipinski definition) is 6. The van der Waals surface area contributed by atoms with E-state index in [4.69, 9.17) is 9.47 Å². The SMILES string of the molecule is Cc1cc(F)cnc1-c1cc2c(n3cnnc13)NCc1c(F)ccc(c1C)OCCO2. The first-order chi connectivity index (χ1) is 15.0. The van der Waals surface area contributed by atoms with Crippen molar-refractivity contribution >= 4 is 11.5 Å². The van der Waals surface area contributed by atoms with Crippen molar-refractivity contribution in [1.29, 1.82) is 0 Å². The molecular formula is C22H19F2N5O2. The Bertz CT molecular complexity index is 1310. The topological polar surface area (TPSA) is 73.6 Å². The lowest BCUT2D eigenvalue weighted by Gasteiger charge is -2.17. The Kier molecular flexibility index (Phi) is 4.65. The van der Waals surface area contributed by atoms with Crippen molar-refractivity contribution in [3.8, 4) is 22.8 Å². The molecular weight excluding hydrogens is 404 g/mol. The zero-order chi connectivity index (χ0) is 21.5. The third kappa shape index (κ3) is 3.31. The van der Waals surface area contributed by atoms with Crippen molar-refractivity contribution in [2.45, 2.75) is 20.4 Å². The van der Waals surface area contributed by atoms with E-state index in [1.807, 2.05) is 6.92 Å². The van der Waals surface area contributed by atoms with Gasteiger partial charge in [-0.15, -0.1) is 10.2 Å². The van der Waals surface area contributed by atoms with Crippen molar-refractivity contribution in [3.05, 3.63) is 65.1 Å². The number of rotatable bonds is 1. The third-order valence-electron chi connectivity index (χ3n) is 5.36. The Labute approximate surface area is 176 Å². The first-order valence-corrected chi connectivity index (χ1v) is 9.79. The molecule has 4 aromatic rings. The van der Waals surface area contributed by atoms with Crippen LogP contribution in [0.5, 0.6) is 11.5 Å². The fraction of sp³-hybridized carbons (Fsp3) is 0.227. The maximum Gasteiger partial charge on any atom is 0.171 e. The van der Waals surface area contributed by atoms with E-state index in [0.29, 0.717) is 45.3 Å². The average Bonchev–Trinajstić information content (AvgIpc) is 3.22. The summed E-state index contributed by atoms with van der Waals surface area (Å²) in [4.78, 5) is 4.25. The lowest BCUT2D eigenvalue weighted by atomic mass is 10.1. The van der Waals surface area contributed by atoms with Crippen LogP contribution >= 0.6 is 0 Å². The highest BCUT2D eigenvalue weighted by atomic mass is 19.1. The minimum absolute atomic E-state index is 0.214. The molecule has 1 N–H and O–H groups in total. The molecule has 158 valence electrons. The van der Waals surface area contributed by atoms with Crippen LogP contribution in [-0.2, 0) is 6.54 Å². The number of hydrogen-bond donors (Lipinski definition) is 1. The normalized spacial score (nSPS) is 13.5. The van der Waals surface area contributed by atoms with Gasteiger partial charge in [0.05, 0.1) is 11.9 Å². The number of halogens is 2. The summed E-state index contributed by atoms with van der Waals surface area (Å²) in [6.07, 6.45) is 2.71. The van der Waals surface area contributed by atoms with Gasteiger partial charge in [-0.1, -0.05) is 0 Å². The second-order valence-electron chi connectivity index (χ2n) is 7.31. The standard InChI is InChI=1S/C22H19F2N5O2/c1-12-7-14(23)9-25-20(12)15-8-19-22(29-11-27-28-21(15)29)26-10-16-13(2)18(4-3-17(16)24)30-5-6-31-19/h3-4,7-9,11,26H,5-6,10H2,1-2H3. The lowest BCUT2D eigenvalue weighted by molar-refractivity contribution is 0.216. The maximum absolute atomic E-state index is 14.5. The Morgan fingerprint density at radius 3 is 2.68 bits per heavy atom. The summed E-state index contributed by atoms with van der Waals surface area (Å²) in [6, 6.07) is 6.23. The van der Waals surface area contributed by atoms with Gasteiger partial charge in [0.25, 0.3) is 0 Å². The van der Waals surface area contributed by atoms with Crippen molar-refractivity contribution in [2.75, 3.05) is 18.5 Å². The average molecular weight is 423 g/mol. The molecule has 0 saturated carbocycles. The van der Waals surface area contributed by atoms with Gasteiger partial charge in [0.15, 0.2) is 17.2 Å². The number of ether oxygens (including phenoxy) is 2. The molecule has 0 saturated heterocycles. The lowest BCUT2D eigenvalue weighted by Crippen LogP contribution is -2.11. The summed E-state index contributed by atoms with van der Waals surface area (Å²) < 4.78 is 41.6. The highest BCUT2D eigenvalue weighted by Gasteiger charge is 2.20. The van der Waals surface area contributed by atoms with Crippen LogP contribution in [0.15, 0.2) is 36.8 Å². The molecule has 9 heteroatoms. The molecule has 0 amide bonds. The van der Waals surface area contributed by atoms with Crippen molar-refractivity contribution < 1.29 is 18.3 Å². The monoisotopic (exact) mass is 423 g/mol. The van der Waals surface area contributed by atoms with Crippen LogP contribution in [0.4, 0.5) is 14.6 Å². The second-order valence-corrected chi connectivity index (χ2v) is 7.31. The number of benzene rings is 1. The highest BCUT2D eigenvalue weighted by Crippen LogP contribution is 2.36. The number of anilines is 1. The summed E-state index contributed by atoms with van der Waals surface area (Å²) in [5.41, 5.74) is 3.64. The van der Waals surface area contributed by atoms with E-state index in [9.17, 15) is 8.78 Å². The number of pyridine rings is 2. The molecule has 4 heterocycles. The van der Waals surface area contributed by atoms with E-state index >= 15 is 0 Å². The number of fused-ring (bicyclic) bond motifs is 5. The highest BCUT2D eigenvalue weighted by molar-refractivity contribution is 5.81. The Balaban J connectivity index is 1.66. The number of nitrogens with one attached hydrogen (secondary N) is 1. The molecule has 5 rings (SSSR count). The van der Waals surface area contributed by atoms with Gasteiger partial charge in [-0.2, -0.15) is 0 Å². The number of nitrogens with zero attached hydrogens (tertiary/aromatic N) is 4. The molecule has 0 unspecified atom stereocenters. The van der Waals surface area contributed by atoms with Crippen LogP contribution in [-0.4, -0.2) is 32.8 Å². The Morgan fingerprint density at radius 1 is 1.06 bits per heavy atom. The summed E-state index contributed by atoms with van der Waals surface area (Å²) >= 11 is 0. The molecule has 0 radical (unpaired) electrons. The quantitative estimate of drug-likeness (QED) is 0.498. The number of aromatic nitrogens is 4.